The standard InChI is InChI=1S/C22H24N6O2/c1-22(2,29)14-11-15(12-14)25-21-26-20(30-3)19-16(6-9-28(19)27-21)13-4-5-17-18(10-13)24-8-7-23-17/h4-10,14-15,29H,11-12H2,1-3H3,(H,25,27)/t14-,15+. The molecular weight excluding hydrogens is 380 g/mol. The summed E-state index contributed by atoms with van der Waals surface area (Å²) in [5.74, 6) is 1.31. The molecule has 8 nitrogen and oxygen atoms in total. The second-order valence-corrected chi connectivity index (χ2v) is 8.39. The number of aliphatic hydroxyl groups is 1. The Kier molecular flexibility index (Phi) is 4.32. The van der Waals surface area contributed by atoms with Crippen LogP contribution in [0, 0.1) is 5.92 Å². The number of nitrogens with zero attached hydrogens (tertiary/aromatic N) is 5. The Bertz CT molecular complexity index is 1220. The molecule has 0 amide bonds. The van der Waals surface area contributed by atoms with Crippen LogP contribution in [0.1, 0.15) is 26.7 Å². The minimum Gasteiger partial charge on any atom is -0.479 e. The molecule has 0 radical (unpaired) electrons. The van der Waals surface area contributed by atoms with E-state index in [4.69, 9.17) is 4.74 Å². The summed E-state index contributed by atoms with van der Waals surface area (Å²) in [5, 5.41) is 18.1. The Morgan fingerprint density at radius 1 is 1.13 bits per heavy atom. The minimum absolute atomic E-state index is 0.248. The molecule has 0 aliphatic heterocycles. The van der Waals surface area contributed by atoms with Crippen LogP contribution in [0.15, 0.2) is 42.9 Å². The molecule has 4 aromatic rings. The van der Waals surface area contributed by atoms with Crippen molar-refractivity contribution in [3.05, 3.63) is 42.9 Å². The number of hydrogen-bond donors (Lipinski definition) is 2. The number of fused-ring (bicyclic) bond motifs is 2. The highest BCUT2D eigenvalue weighted by Gasteiger charge is 2.39. The molecule has 1 aliphatic rings. The van der Waals surface area contributed by atoms with E-state index in [0.29, 0.717) is 11.8 Å². The van der Waals surface area contributed by atoms with Gasteiger partial charge in [0.05, 0.1) is 23.7 Å². The second kappa shape index (κ2) is 6.91. The molecule has 5 rings (SSSR count). The number of aromatic nitrogens is 5. The van der Waals surface area contributed by atoms with E-state index < -0.39 is 5.60 Å². The largest absolute Gasteiger partial charge is 0.479 e. The van der Waals surface area contributed by atoms with Gasteiger partial charge in [-0.1, -0.05) is 6.07 Å². The second-order valence-electron chi connectivity index (χ2n) is 8.39. The van der Waals surface area contributed by atoms with Gasteiger partial charge in [-0.2, -0.15) is 4.98 Å². The van der Waals surface area contributed by atoms with Gasteiger partial charge in [0.2, 0.25) is 11.8 Å². The quantitative estimate of drug-likeness (QED) is 0.527. The molecule has 0 unspecified atom stereocenters. The van der Waals surface area contributed by atoms with Crippen molar-refractivity contribution in [2.24, 2.45) is 5.92 Å². The average molecular weight is 404 g/mol. The highest BCUT2D eigenvalue weighted by molar-refractivity contribution is 5.89. The van der Waals surface area contributed by atoms with E-state index in [1.54, 1.807) is 24.0 Å². The third-order valence-electron chi connectivity index (χ3n) is 5.92. The molecule has 0 saturated heterocycles. The van der Waals surface area contributed by atoms with Crippen LogP contribution in [0.4, 0.5) is 5.95 Å². The van der Waals surface area contributed by atoms with E-state index in [2.05, 4.69) is 25.4 Å². The van der Waals surface area contributed by atoms with Crippen molar-refractivity contribution in [2.75, 3.05) is 12.4 Å². The third-order valence-corrected chi connectivity index (χ3v) is 5.92. The maximum Gasteiger partial charge on any atom is 0.244 e. The van der Waals surface area contributed by atoms with Crippen molar-refractivity contribution < 1.29 is 9.84 Å². The van der Waals surface area contributed by atoms with Gasteiger partial charge >= 0.3 is 0 Å². The number of ether oxygens (including phenoxy) is 1. The third kappa shape index (κ3) is 3.23. The highest BCUT2D eigenvalue weighted by Crippen LogP contribution is 2.38. The van der Waals surface area contributed by atoms with Crippen LogP contribution in [0.5, 0.6) is 5.88 Å². The summed E-state index contributed by atoms with van der Waals surface area (Å²) in [6.45, 7) is 3.72. The fourth-order valence-electron chi connectivity index (χ4n) is 4.05. The highest BCUT2D eigenvalue weighted by atomic mass is 16.5. The Morgan fingerprint density at radius 2 is 1.90 bits per heavy atom. The van der Waals surface area contributed by atoms with Gasteiger partial charge in [-0.3, -0.25) is 9.97 Å². The topological polar surface area (TPSA) is 97.5 Å². The van der Waals surface area contributed by atoms with E-state index >= 15 is 0 Å². The molecule has 0 spiro atoms. The zero-order chi connectivity index (χ0) is 20.9. The maximum atomic E-state index is 10.1. The zero-order valence-electron chi connectivity index (χ0n) is 17.2. The molecule has 8 heteroatoms. The number of anilines is 1. The molecule has 0 atom stereocenters. The number of benzene rings is 1. The van der Waals surface area contributed by atoms with E-state index in [0.717, 1.165) is 40.5 Å². The van der Waals surface area contributed by atoms with Crippen LogP contribution in [0.2, 0.25) is 0 Å². The minimum atomic E-state index is -0.653. The van der Waals surface area contributed by atoms with Gasteiger partial charge in [0.25, 0.3) is 0 Å². The van der Waals surface area contributed by atoms with Gasteiger partial charge in [-0.25, -0.2) is 4.52 Å². The Hall–Kier alpha value is -3.26. The zero-order valence-corrected chi connectivity index (χ0v) is 17.2. The number of methoxy groups -OCH3 is 1. The Morgan fingerprint density at radius 3 is 2.63 bits per heavy atom. The predicted molar refractivity (Wildman–Crippen MR) is 115 cm³/mol. The van der Waals surface area contributed by atoms with Crippen molar-refractivity contribution in [3.63, 3.8) is 0 Å². The first kappa shape index (κ1) is 18.7. The summed E-state index contributed by atoms with van der Waals surface area (Å²) >= 11 is 0. The van der Waals surface area contributed by atoms with Crippen molar-refractivity contribution in [3.8, 4) is 17.0 Å². The lowest BCUT2D eigenvalue weighted by Crippen LogP contribution is -2.46. The van der Waals surface area contributed by atoms with Crippen LogP contribution >= 0.6 is 0 Å². The van der Waals surface area contributed by atoms with E-state index in [-0.39, 0.29) is 12.0 Å². The molecule has 1 aliphatic carbocycles. The molecule has 1 saturated carbocycles. The molecule has 1 fully saturated rings. The van der Waals surface area contributed by atoms with Crippen LogP contribution < -0.4 is 10.1 Å². The maximum absolute atomic E-state index is 10.1. The molecule has 3 heterocycles. The first-order valence-corrected chi connectivity index (χ1v) is 10.1. The lowest BCUT2D eigenvalue weighted by Gasteiger charge is -2.42. The Balaban J connectivity index is 1.47. The van der Waals surface area contributed by atoms with Crippen LogP contribution in [-0.4, -0.2) is 48.4 Å². The first-order valence-electron chi connectivity index (χ1n) is 10.1. The summed E-state index contributed by atoms with van der Waals surface area (Å²) in [6, 6.07) is 8.23. The van der Waals surface area contributed by atoms with Gasteiger partial charge < -0.3 is 15.2 Å². The molecular formula is C22H24N6O2. The van der Waals surface area contributed by atoms with Crippen molar-refractivity contribution in [2.45, 2.75) is 38.3 Å². The lowest BCUT2D eigenvalue weighted by molar-refractivity contribution is -0.0230. The molecule has 154 valence electrons. The van der Waals surface area contributed by atoms with Crippen LogP contribution in [0.25, 0.3) is 27.7 Å². The van der Waals surface area contributed by atoms with Crippen LogP contribution in [0.3, 0.4) is 0 Å². The lowest BCUT2D eigenvalue weighted by atomic mass is 9.71. The monoisotopic (exact) mass is 404 g/mol. The number of nitrogens with one attached hydrogen (secondary N) is 1. The van der Waals surface area contributed by atoms with Crippen molar-refractivity contribution in [1.82, 2.24) is 24.6 Å². The van der Waals surface area contributed by atoms with E-state index in [1.165, 1.54) is 0 Å². The normalized spacial score (nSPS) is 19.1. The number of hydrogen-bond acceptors (Lipinski definition) is 7. The SMILES string of the molecule is COc1nc(N[C@H]2C[C@@H](C(C)(C)O)C2)nn2ccc(-c3ccc4nccnc4c3)c12. The smallest absolute Gasteiger partial charge is 0.244 e. The molecule has 3 aromatic heterocycles. The first-order chi connectivity index (χ1) is 14.4. The van der Waals surface area contributed by atoms with Crippen molar-refractivity contribution >= 4 is 22.5 Å². The molecule has 30 heavy (non-hydrogen) atoms. The number of rotatable bonds is 5. The molecule has 0 bridgehead atoms. The Labute approximate surface area is 174 Å². The van der Waals surface area contributed by atoms with Crippen molar-refractivity contribution in [1.29, 1.82) is 0 Å². The summed E-state index contributed by atoms with van der Waals surface area (Å²) in [5.41, 5.74) is 3.80. The summed E-state index contributed by atoms with van der Waals surface area (Å²) in [6.07, 6.45) is 7.06. The fraction of sp³-hybridized carbons (Fsp3) is 0.364. The van der Waals surface area contributed by atoms with Gasteiger partial charge in [0.1, 0.15) is 5.52 Å². The molecule has 1 aromatic carbocycles. The van der Waals surface area contributed by atoms with E-state index in [1.807, 2.05) is 44.3 Å². The van der Waals surface area contributed by atoms with E-state index in [9.17, 15) is 5.11 Å². The van der Waals surface area contributed by atoms with Gasteiger partial charge in [0, 0.05) is 30.2 Å². The van der Waals surface area contributed by atoms with Gasteiger partial charge in [-0.05, 0) is 56.4 Å². The molecule has 2 N–H and O–H groups in total. The van der Waals surface area contributed by atoms with Gasteiger partial charge in [0.15, 0.2) is 0 Å². The summed E-state index contributed by atoms with van der Waals surface area (Å²) in [7, 11) is 1.61. The summed E-state index contributed by atoms with van der Waals surface area (Å²) < 4.78 is 7.39. The van der Waals surface area contributed by atoms with Gasteiger partial charge in [-0.15, -0.1) is 5.10 Å². The van der Waals surface area contributed by atoms with Crippen LogP contribution in [-0.2, 0) is 0 Å². The predicted octanol–water partition coefficient (Wildman–Crippen LogP) is 3.31. The summed E-state index contributed by atoms with van der Waals surface area (Å²) in [4.78, 5) is 13.3. The average Bonchev–Trinajstić information content (AvgIpc) is 3.12. The fourth-order valence-corrected chi connectivity index (χ4v) is 4.05.